The highest BCUT2D eigenvalue weighted by atomic mass is 19.1. The first-order valence-electron chi connectivity index (χ1n) is 7.79. The van der Waals surface area contributed by atoms with E-state index in [2.05, 4.69) is 10.3 Å². The van der Waals surface area contributed by atoms with E-state index in [-0.39, 0.29) is 11.4 Å². The zero-order valence-electron chi connectivity index (χ0n) is 14.2. The third kappa shape index (κ3) is 3.46. The van der Waals surface area contributed by atoms with E-state index in [4.69, 9.17) is 4.74 Å². The zero-order chi connectivity index (χ0) is 18.7. The van der Waals surface area contributed by atoms with Gasteiger partial charge in [0.2, 0.25) is 0 Å². The van der Waals surface area contributed by atoms with E-state index < -0.39 is 17.3 Å². The number of rotatable bonds is 4. The summed E-state index contributed by atoms with van der Waals surface area (Å²) in [5, 5.41) is 2.47. The van der Waals surface area contributed by atoms with E-state index in [0.29, 0.717) is 11.4 Å². The fourth-order valence-electron chi connectivity index (χ4n) is 2.49. The van der Waals surface area contributed by atoms with Gasteiger partial charge in [-0.2, -0.15) is 0 Å². The summed E-state index contributed by atoms with van der Waals surface area (Å²) < 4.78 is 19.5. The normalized spacial score (nSPS) is 10.4. The lowest BCUT2D eigenvalue weighted by molar-refractivity contribution is 0.102. The largest absolute Gasteiger partial charge is 0.497 e. The summed E-state index contributed by atoms with van der Waals surface area (Å²) in [6.45, 7) is 1.85. The minimum Gasteiger partial charge on any atom is -0.497 e. The molecule has 0 saturated heterocycles. The smallest absolute Gasteiger partial charge is 0.298 e. The Morgan fingerprint density at radius 1 is 1.19 bits per heavy atom. The van der Waals surface area contributed by atoms with Gasteiger partial charge >= 0.3 is 0 Å². The molecule has 1 amide bonds. The van der Waals surface area contributed by atoms with Crippen LogP contribution in [0.5, 0.6) is 5.75 Å². The van der Waals surface area contributed by atoms with Crippen molar-refractivity contribution in [3.8, 4) is 11.4 Å². The number of carbonyl (C=O) groups is 1. The zero-order valence-corrected chi connectivity index (χ0v) is 14.2. The molecule has 132 valence electrons. The molecular formula is C19H16FN3O3. The minimum atomic E-state index is -0.543. The molecule has 0 radical (unpaired) electrons. The van der Waals surface area contributed by atoms with Crippen molar-refractivity contribution in [2.45, 2.75) is 6.92 Å². The molecule has 26 heavy (non-hydrogen) atoms. The van der Waals surface area contributed by atoms with Crippen molar-refractivity contribution < 1.29 is 13.9 Å². The van der Waals surface area contributed by atoms with Gasteiger partial charge in [-0.25, -0.2) is 9.37 Å². The van der Waals surface area contributed by atoms with Crippen molar-refractivity contribution in [1.82, 2.24) is 9.55 Å². The van der Waals surface area contributed by atoms with Gasteiger partial charge in [-0.05, 0) is 55.0 Å². The van der Waals surface area contributed by atoms with Crippen LogP contribution in [0.25, 0.3) is 5.69 Å². The average molecular weight is 353 g/mol. The second-order valence-corrected chi connectivity index (χ2v) is 5.56. The van der Waals surface area contributed by atoms with Gasteiger partial charge in [0.05, 0.1) is 12.8 Å². The van der Waals surface area contributed by atoms with Crippen molar-refractivity contribution in [3.63, 3.8) is 0 Å². The fraction of sp³-hybridized carbons (Fsp3) is 0.105. The summed E-state index contributed by atoms with van der Waals surface area (Å²) >= 11 is 0. The summed E-state index contributed by atoms with van der Waals surface area (Å²) in [7, 11) is 1.57. The summed E-state index contributed by atoms with van der Waals surface area (Å²) in [5.74, 6) is -0.425. The Kier molecular flexibility index (Phi) is 4.79. The van der Waals surface area contributed by atoms with Crippen LogP contribution in [0.2, 0.25) is 0 Å². The van der Waals surface area contributed by atoms with Gasteiger partial charge in [-0.3, -0.25) is 14.2 Å². The van der Waals surface area contributed by atoms with Crippen LogP contribution in [0.1, 0.15) is 15.9 Å². The molecule has 0 saturated carbocycles. The molecule has 0 bridgehead atoms. The first-order chi connectivity index (χ1) is 12.5. The molecule has 7 heteroatoms. The second-order valence-electron chi connectivity index (χ2n) is 5.56. The molecule has 0 spiro atoms. The van der Waals surface area contributed by atoms with E-state index in [1.165, 1.54) is 41.2 Å². The minimum absolute atomic E-state index is 0.114. The lowest BCUT2D eigenvalue weighted by Crippen LogP contribution is -2.26. The molecule has 0 fully saturated rings. The molecular weight excluding hydrogens is 337 g/mol. The van der Waals surface area contributed by atoms with Crippen LogP contribution in [-0.4, -0.2) is 22.6 Å². The van der Waals surface area contributed by atoms with E-state index in [1.807, 2.05) is 6.92 Å². The maximum atomic E-state index is 13.0. The Morgan fingerprint density at radius 3 is 2.58 bits per heavy atom. The standard InChI is InChI=1S/C19H16FN3O3/c1-12-11-15(26-2)7-8-16(12)23-10-9-21-17(19(23)25)22-18(24)13-3-5-14(20)6-4-13/h3-11H,1-2H3,(H,21,22,24). The number of benzene rings is 2. The summed E-state index contributed by atoms with van der Waals surface area (Å²) in [6.07, 6.45) is 2.94. The first-order valence-corrected chi connectivity index (χ1v) is 7.79. The SMILES string of the molecule is COc1ccc(-n2ccnc(NC(=O)c3ccc(F)cc3)c2=O)c(C)c1. The number of halogens is 1. The average Bonchev–Trinajstić information content (AvgIpc) is 2.64. The Bertz CT molecular complexity index is 1010. The number of nitrogens with one attached hydrogen (secondary N) is 1. The van der Waals surface area contributed by atoms with Gasteiger partial charge in [0, 0.05) is 18.0 Å². The molecule has 0 unspecified atom stereocenters. The maximum absolute atomic E-state index is 13.0. The van der Waals surface area contributed by atoms with E-state index in [0.717, 1.165) is 5.56 Å². The van der Waals surface area contributed by atoms with Gasteiger partial charge in [-0.1, -0.05) is 0 Å². The van der Waals surface area contributed by atoms with Crippen LogP contribution in [-0.2, 0) is 0 Å². The first kappa shape index (κ1) is 17.3. The summed E-state index contributed by atoms with van der Waals surface area (Å²) in [4.78, 5) is 28.9. The predicted molar refractivity (Wildman–Crippen MR) is 95.5 cm³/mol. The molecule has 3 aromatic rings. The highest BCUT2D eigenvalue weighted by molar-refractivity contribution is 6.03. The van der Waals surface area contributed by atoms with Crippen LogP contribution >= 0.6 is 0 Å². The van der Waals surface area contributed by atoms with Crippen LogP contribution in [0.3, 0.4) is 0 Å². The van der Waals surface area contributed by atoms with Crippen molar-refractivity contribution in [2.24, 2.45) is 0 Å². The van der Waals surface area contributed by atoms with Crippen molar-refractivity contribution in [3.05, 3.63) is 82.2 Å². The number of hydrogen-bond donors (Lipinski definition) is 1. The molecule has 0 atom stereocenters. The van der Waals surface area contributed by atoms with E-state index in [1.54, 1.807) is 25.3 Å². The monoisotopic (exact) mass is 353 g/mol. The van der Waals surface area contributed by atoms with Gasteiger partial charge in [0.25, 0.3) is 11.5 Å². The Morgan fingerprint density at radius 2 is 1.92 bits per heavy atom. The number of carbonyl (C=O) groups excluding carboxylic acids is 1. The molecule has 2 aromatic carbocycles. The maximum Gasteiger partial charge on any atom is 0.298 e. The Hall–Kier alpha value is -3.48. The van der Waals surface area contributed by atoms with Gasteiger partial charge in [0.15, 0.2) is 5.82 Å². The van der Waals surface area contributed by atoms with Crippen LogP contribution in [0.4, 0.5) is 10.2 Å². The topological polar surface area (TPSA) is 73.2 Å². The third-order valence-electron chi connectivity index (χ3n) is 3.84. The highest BCUT2D eigenvalue weighted by Gasteiger charge is 2.13. The van der Waals surface area contributed by atoms with Gasteiger partial charge in [0.1, 0.15) is 11.6 Å². The molecule has 6 nitrogen and oxygen atoms in total. The Balaban J connectivity index is 1.94. The number of amides is 1. The van der Waals surface area contributed by atoms with Crippen LogP contribution in [0.15, 0.2) is 59.7 Å². The van der Waals surface area contributed by atoms with E-state index >= 15 is 0 Å². The number of ether oxygens (including phenoxy) is 1. The third-order valence-corrected chi connectivity index (χ3v) is 3.84. The number of aromatic nitrogens is 2. The number of methoxy groups -OCH3 is 1. The number of nitrogens with zero attached hydrogens (tertiary/aromatic N) is 2. The molecule has 1 N–H and O–H groups in total. The van der Waals surface area contributed by atoms with Gasteiger partial charge in [-0.15, -0.1) is 0 Å². The summed E-state index contributed by atoms with van der Waals surface area (Å²) in [5.41, 5.74) is 1.23. The molecule has 0 aliphatic rings. The van der Waals surface area contributed by atoms with Gasteiger partial charge < -0.3 is 10.1 Å². The molecule has 3 rings (SSSR count). The Labute approximate surface area is 148 Å². The van der Waals surface area contributed by atoms with E-state index in [9.17, 15) is 14.0 Å². The molecule has 0 aliphatic heterocycles. The number of hydrogen-bond acceptors (Lipinski definition) is 4. The van der Waals surface area contributed by atoms with Crippen LogP contribution < -0.4 is 15.6 Å². The van der Waals surface area contributed by atoms with Crippen LogP contribution in [0, 0.1) is 12.7 Å². The second kappa shape index (κ2) is 7.18. The van der Waals surface area contributed by atoms with Crippen molar-refractivity contribution in [2.75, 3.05) is 12.4 Å². The lowest BCUT2D eigenvalue weighted by atomic mass is 10.2. The molecule has 1 aromatic heterocycles. The quantitative estimate of drug-likeness (QED) is 0.783. The predicted octanol–water partition coefficient (Wildman–Crippen LogP) is 2.94. The van der Waals surface area contributed by atoms with Crippen molar-refractivity contribution in [1.29, 1.82) is 0 Å². The lowest BCUT2D eigenvalue weighted by Gasteiger charge is -2.12. The molecule has 1 heterocycles. The highest BCUT2D eigenvalue weighted by Crippen LogP contribution is 2.19. The molecule has 0 aliphatic carbocycles. The number of aryl methyl sites for hydroxylation is 1. The number of anilines is 1. The fourth-order valence-corrected chi connectivity index (χ4v) is 2.49. The van der Waals surface area contributed by atoms with Crippen molar-refractivity contribution >= 4 is 11.7 Å². The summed E-state index contributed by atoms with van der Waals surface area (Å²) in [6, 6.07) is 10.3.